The SMILES string of the molecule is CCOC(=O)[C@@H]1CCCN1P(=O)(CC1C[C@H](O)[C@@H](CO)O1)Oc1ccccc1. The fourth-order valence-electron chi connectivity index (χ4n) is 3.79. The van der Waals surface area contributed by atoms with E-state index in [2.05, 4.69) is 0 Å². The number of benzene rings is 1. The lowest BCUT2D eigenvalue weighted by molar-refractivity contribution is -0.147. The summed E-state index contributed by atoms with van der Waals surface area (Å²) in [6.07, 6.45) is -0.524. The maximum atomic E-state index is 14.0. The van der Waals surface area contributed by atoms with E-state index in [0.29, 0.717) is 25.1 Å². The largest absolute Gasteiger partial charge is 0.465 e. The Balaban J connectivity index is 1.84. The van der Waals surface area contributed by atoms with Gasteiger partial charge in [-0.25, -0.2) is 4.67 Å². The third kappa shape index (κ3) is 4.75. The minimum Gasteiger partial charge on any atom is -0.465 e. The predicted octanol–water partition coefficient (Wildman–Crippen LogP) is 1.80. The van der Waals surface area contributed by atoms with Crippen molar-refractivity contribution in [2.75, 3.05) is 25.9 Å². The molecule has 2 heterocycles. The van der Waals surface area contributed by atoms with Crippen molar-refractivity contribution in [2.45, 2.75) is 50.5 Å². The Labute approximate surface area is 164 Å². The molecule has 5 atom stereocenters. The highest BCUT2D eigenvalue weighted by atomic mass is 31.2. The standard InChI is InChI=1S/C19H28NO7P/c1-2-25-19(23)16-9-6-10-20(16)28(24,27-14-7-4-3-5-8-14)13-15-11-17(22)18(12-21)26-15/h3-5,7-8,15-18,21-22H,2,6,9-13H2,1H3/t15?,16-,17-,18+,28?/m0/s1. The highest BCUT2D eigenvalue weighted by molar-refractivity contribution is 7.57. The van der Waals surface area contributed by atoms with E-state index in [0.717, 1.165) is 0 Å². The summed E-state index contributed by atoms with van der Waals surface area (Å²) in [6, 6.07) is 8.19. The molecule has 1 aromatic rings. The van der Waals surface area contributed by atoms with E-state index in [1.54, 1.807) is 35.9 Å². The maximum Gasteiger partial charge on any atom is 0.323 e. The van der Waals surface area contributed by atoms with Crippen LogP contribution in [0, 0.1) is 0 Å². The van der Waals surface area contributed by atoms with Crippen LogP contribution >= 0.6 is 7.52 Å². The molecule has 2 aliphatic rings. The Morgan fingerprint density at radius 3 is 2.75 bits per heavy atom. The quantitative estimate of drug-likeness (QED) is 0.491. The van der Waals surface area contributed by atoms with Gasteiger partial charge in [-0.05, 0) is 31.9 Å². The van der Waals surface area contributed by atoms with Gasteiger partial charge in [-0.15, -0.1) is 0 Å². The first-order chi connectivity index (χ1) is 13.5. The Kier molecular flexibility index (Phi) is 7.12. The molecule has 156 valence electrons. The maximum absolute atomic E-state index is 14.0. The average Bonchev–Trinajstić information content (AvgIpc) is 3.29. The van der Waals surface area contributed by atoms with E-state index in [4.69, 9.17) is 14.0 Å². The summed E-state index contributed by atoms with van der Waals surface area (Å²) in [5.41, 5.74) is 0. The molecule has 1 aromatic carbocycles. The molecule has 0 bridgehead atoms. The van der Waals surface area contributed by atoms with Crippen LogP contribution < -0.4 is 4.52 Å². The number of rotatable bonds is 8. The van der Waals surface area contributed by atoms with Crippen LogP contribution in [0.5, 0.6) is 5.75 Å². The lowest BCUT2D eigenvalue weighted by Gasteiger charge is -2.32. The van der Waals surface area contributed by atoms with Crippen LogP contribution in [0.2, 0.25) is 0 Å². The topological polar surface area (TPSA) is 106 Å². The highest BCUT2D eigenvalue weighted by Crippen LogP contribution is 2.56. The molecule has 2 unspecified atom stereocenters. The van der Waals surface area contributed by atoms with Gasteiger partial charge < -0.3 is 24.2 Å². The van der Waals surface area contributed by atoms with Gasteiger partial charge in [0.1, 0.15) is 17.9 Å². The van der Waals surface area contributed by atoms with Gasteiger partial charge in [0.15, 0.2) is 0 Å². The Morgan fingerprint density at radius 2 is 2.11 bits per heavy atom. The van der Waals surface area contributed by atoms with Gasteiger partial charge in [0.05, 0.1) is 31.6 Å². The van der Waals surface area contributed by atoms with Gasteiger partial charge >= 0.3 is 13.5 Å². The number of para-hydroxylation sites is 1. The molecule has 2 fully saturated rings. The van der Waals surface area contributed by atoms with Crippen molar-refractivity contribution in [1.82, 2.24) is 4.67 Å². The molecule has 8 nitrogen and oxygen atoms in total. The number of aliphatic hydroxyl groups excluding tert-OH is 2. The van der Waals surface area contributed by atoms with Crippen molar-refractivity contribution in [3.05, 3.63) is 30.3 Å². The van der Waals surface area contributed by atoms with Crippen LogP contribution in [0.1, 0.15) is 26.2 Å². The van der Waals surface area contributed by atoms with Gasteiger partial charge in [0.2, 0.25) is 0 Å². The summed E-state index contributed by atoms with van der Waals surface area (Å²) in [5, 5.41) is 19.3. The predicted molar refractivity (Wildman–Crippen MR) is 102 cm³/mol. The first-order valence-electron chi connectivity index (χ1n) is 9.68. The molecule has 9 heteroatoms. The molecule has 28 heavy (non-hydrogen) atoms. The summed E-state index contributed by atoms with van der Waals surface area (Å²) in [5.74, 6) is 0.0371. The molecular weight excluding hydrogens is 385 g/mol. The van der Waals surface area contributed by atoms with Crippen LogP contribution in [0.25, 0.3) is 0 Å². The highest BCUT2D eigenvalue weighted by Gasteiger charge is 2.48. The van der Waals surface area contributed by atoms with Crippen molar-refractivity contribution in [3.8, 4) is 5.75 Å². The summed E-state index contributed by atoms with van der Waals surface area (Å²) < 4.78 is 32.4. The third-order valence-corrected chi connectivity index (χ3v) is 7.71. The van der Waals surface area contributed by atoms with Crippen LogP contribution in [0.15, 0.2) is 30.3 Å². The van der Waals surface area contributed by atoms with Gasteiger partial charge in [0, 0.05) is 13.0 Å². The fourth-order valence-corrected chi connectivity index (χ4v) is 6.46. The fraction of sp³-hybridized carbons (Fsp3) is 0.632. The number of hydrogen-bond donors (Lipinski definition) is 2. The smallest absolute Gasteiger partial charge is 0.323 e. The molecule has 0 spiro atoms. The van der Waals surface area contributed by atoms with E-state index >= 15 is 0 Å². The molecule has 2 aliphatic heterocycles. The van der Waals surface area contributed by atoms with Gasteiger partial charge in [-0.1, -0.05) is 18.2 Å². The van der Waals surface area contributed by atoms with Gasteiger partial charge in [-0.3, -0.25) is 9.36 Å². The Morgan fingerprint density at radius 1 is 1.36 bits per heavy atom. The summed E-state index contributed by atoms with van der Waals surface area (Å²) in [4.78, 5) is 12.4. The van der Waals surface area contributed by atoms with E-state index < -0.39 is 37.8 Å². The lowest BCUT2D eigenvalue weighted by atomic mass is 10.1. The van der Waals surface area contributed by atoms with E-state index in [1.807, 2.05) is 6.07 Å². The molecule has 3 rings (SSSR count). The first kappa shape index (κ1) is 21.3. The molecular formula is C19H28NO7P. The Bertz CT molecular complexity index is 701. The average molecular weight is 413 g/mol. The molecule has 0 radical (unpaired) electrons. The van der Waals surface area contributed by atoms with Crippen molar-refractivity contribution < 1.29 is 33.6 Å². The van der Waals surface area contributed by atoms with Gasteiger partial charge in [0.25, 0.3) is 0 Å². The molecule has 0 saturated carbocycles. The summed E-state index contributed by atoms with van der Waals surface area (Å²) in [7, 11) is -3.52. The van der Waals surface area contributed by atoms with E-state index in [-0.39, 0.29) is 25.8 Å². The summed E-state index contributed by atoms with van der Waals surface area (Å²) in [6.45, 7) is 2.13. The molecule has 2 saturated heterocycles. The molecule has 0 amide bonds. The molecule has 0 aromatic heterocycles. The van der Waals surface area contributed by atoms with Gasteiger partial charge in [-0.2, -0.15) is 0 Å². The number of ether oxygens (including phenoxy) is 2. The van der Waals surface area contributed by atoms with E-state index in [9.17, 15) is 19.6 Å². The van der Waals surface area contributed by atoms with Crippen LogP contribution in [0.4, 0.5) is 0 Å². The molecule has 2 N–H and O–H groups in total. The second-order valence-corrected chi connectivity index (χ2v) is 9.42. The zero-order chi connectivity index (χ0) is 20.1. The van der Waals surface area contributed by atoms with Crippen LogP contribution in [-0.4, -0.2) is 71.1 Å². The normalized spacial score (nSPS) is 30.1. The second-order valence-electron chi connectivity index (χ2n) is 7.08. The number of hydrogen-bond acceptors (Lipinski definition) is 7. The van der Waals surface area contributed by atoms with Crippen molar-refractivity contribution >= 4 is 13.5 Å². The first-order valence-corrected chi connectivity index (χ1v) is 11.4. The monoisotopic (exact) mass is 413 g/mol. The van der Waals surface area contributed by atoms with Crippen LogP contribution in [0.3, 0.4) is 0 Å². The van der Waals surface area contributed by atoms with Crippen molar-refractivity contribution in [2.24, 2.45) is 0 Å². The summed E-state index contributed by atoms with van der Waals surface area (Å²) >= 11 is 0. The Hall–Kier alpha value is -1.44. The number of carbonyl (C=O) groups is 1. The number of carbonyl (C=O) groups excluding carboxylic acids is 1. The van der Waals surface area contributed by atoms with Crippen LogP contribution in [-0.2, 0) is 18.8 Å². The number of aliphatic hydroxyl groups is 2. The minimum absolute atomic E-state index is 0.0192. The molecule has 0 aliphatic carbocycles. The third-order valence-electron chi connectivity index (χ3n) is 5.08. The number of esters is 1. The van der Waals surface area contributed by atoms with E-state index in [1.165, 1.54) is 0 Å². The lowest BCUT2D eigenvalue weighted by Crippen LogP contribution is -2.38. The second kappa shape index (κ2) is 9.37. The van der Waals surface area contributed by atoms with Crippen molar-refractivity contribution in [1.29, 1.82) is 0 Å². The minimum atomic E-state index is -3.52. The number of nitrogens with zero attached hydrogens (tertiary/aromatic N) is 1. The zero-order valence-electron chi connectivity index (χ0n) is 16.0. The zero-order valence-corrected chi connectivity index (χ0v) is 16.9. The van der Waals surface area contributed by atoms with Crippen molar-refractivity contribution in [3.63, 3.8) is 0 Å².